The molecule has 3 aromatic carbocycles. The number of amides is 1. The van der Waals surface area contributed by atoms with Crippen molar-refractivity contribution in [3.05, 3.63) is 102 Å². The highest BCUT2D eigenvalue weighted by molar-refractivity contribution is 7.89. The number of sulfonamides is 1. The molecule has 9 heteroatoms. The van der Waals surface area contributed by atoms with E-state index < -0.39 is 34.2 Å². The van der Waals surface area contributed by atoms with Crippen LogP contribution in [-0.2, 0) is 37.5 Å². The Morgan fingerprint density at radius 2 is 1.41 bits per heavy atom. The molecule has 0 radical (unpaired) electrons. The minimum atomic E-state index is -3.85. The monoisotopic (exact) mass is 522 g/mol. The first kappa shape index (κ1) is 26.4. The topological polar surface area (TPSA) is 93.2 Å². The molecule has 8 nitrogen and oxygen atoms in total. The molecule has 3 aromatic rings. The lowest BCUT2D eigenvalue weighted by Gasteiger charge is -2.24. The summed E-state index contributed by atoms with van der Waals surface area (Å²) in [6.45, 7) is 1.96. The molecule has 2 atom stereocenters. The molecule has 0 unspecified atom stereocenters. The zero-order valence-electron chi connectivity index (χ0n) is 20.8. The highest BCUT2D eigenvalue weighted by Crippen LogP contribution is 2.28. The Hall–Kier alpha value is -3.69. The highest BCUT2D eigenvalue weighted by Gasteiger charge is 2.45. The number of nitrogens with zero attached hydrogens (tertiary/aromatic N) is 2. The van der Waals surface area contributed by atoms with Crippen molar-refractivity contribution in [2.45, 2.75) is 43.5 Å². The number of hydrogen-bond donors (Lipinski definition) is 0. The molecular formula is C28H30N2O6S. The number of carbonyl (C=O) groups is 2. The summed E-state index contributed by atoms with van der Waals surface area (Å²) in [7, 11) is -2.38. The van der Waals surface area contributed by atoms with Crippen LogP contribution in [0.2, 0.25) is 0 Å². The summed E-state index contributed by atoms with van der Waals surface area (Å²) in [5.74, 6) is -0.607. The Morgan fingerprint density at radius 1 is 0.865 bits per heavy atom. The summed E-state index contributed by atoms with van der Waals surface area (Å²) in [6, 6.07) is 23.3. The fourth-order valence-corrected chi connectivity index (χ4v) is 5.56. The lowest BCUT2D eigenvalue weighted by molar-refractivity contribution is -0.149. The van der Waals surface area contributed by atoms with Gasteiger partial charge in [0.05, 0.1) is 4.90 Å². The Bertz CT molecular complexity index is 1250. The third kappa shape index (κ3) is 6.36. The summed E-state index contributed by atoms with van der Waals surface area (Å²) >= 11 is 0. The van der Waals surface area contributed by atoms with Gasteiger partial charge in [0.2, 0.25) is 10.0 Å². The van der Waals surface area contributed by atoms with Gasteiger partial charge in [0.25, 0.3) is 0 Å². The molecule has 0 aromatic heterocycles. The number of rotatable bonds is 8. The number of carbonyl (C=O) groups excluding carboxylic acids is 2. The van der Waals surface area contributed by atoms with E-state index in [2.05, 4.69) is 0 Å². The minimum absolute atomic E-state index is 0.000315. The molecule has 0 bridgehead atoms. The maximum Gasteiger partial charge on any atom is 0.410 e. The molecule has 0 spiro atoms. The first-order valence-electron chi connectivity index (χ1n) is 12.0. The Kier molecular flexibility index (Phi) is 8.25. The van der Waals surface area contributed by atoms with Crippen LogP contribution in [-0.4, -0.2) is 55.4 Å². The molecule has 1 saturated heterocycles. The van der Waals surface area contributed by atoms with Crippen molar-refractivity contribution in [3.8, 4) is 0 Å². The zero-order valence-corrected chi connectivity index (χ0v) is 21.6. The van der Waals surface area contributed by atoms with E-state index in [1.165, 1.54) is 16.3 Å². The van der Waals surface area contributed by atoms with Crippen LogP contribution in [0.3, 0.4) is 0 Å². The Balaban J connectivity index is 1.51. The molecule has 1 aliphatic heterocycles. The minimum Gasteiger partial charge on any atom is -0.459 e. The van der Waals surface area contributed by atoms with Crippen LogP contribution in [0.5, 0.6) is 0 Å². The van der Waals surface area contributed by atoms with Gasteiger partial charge in [-0.1, -0.05) is 78.4 Å². The average Bonchev–Trinajstić information content (AvgIpc) is 3.37. The van der Waals surface area contributed by atoms with Gasteiger partial charge in [-0.05, 0) is 36.6 Å². The number of aryl methyl sites for hydroxylation is 1. The van der Waals surface area contributed by atoms with E-state index in [4.69, 9.17) is 9.47 Å². The van der Waals surface area contributed by atoms with E-state index in [-0.39, 0.29) is 31.1 Å². The highest BCUT2D eigenvalue weighted by atomic mass is 32.2. The van der Waals surface area contributed by atoms with Crippen molar-refractivity contribution in [1.29, 1.82) is 0 Å². The number of esters is 1. The number of likely N-dealkylation sites (N-methyl/N-ethyl adjacent to an activating group) is 1. The maximum absolute atomic E-state index is 13.3. The Labute approximate surface area is 217 Å². The predicted molar refractivity (Wildman–Crippen MR) is 138 cm³/mol. The lowest BCUT2D eigenvalue weighted by Crippen LogP contribution is -2.42. The Morgan fingerprint density at radius 3 is 1.97 bits per heavy atom. The quantitative estimate of drug-likeness (QED) is 0.413. The number of likely N-dealkylation sites (tertiary alicyclic amines) is 1. The summed E-state index contributed by atoms with van der Waals surface area (Å²) in [5.41, 5.74) is 2.55. The molecule has 1 heterocycles. The van der Waals surface area contributed by atoms with Gasteiger partial charge in [0, 0.05) is 19.6 Å². The predicted octanol–water partition coefficient (Wildman–Crippen LogP) is 4.14. The molecule has 1 amide bonds. The van der Waals surface area contributed by atoms with E-state index >= 15 is 0 Å². The molecule has 194 valence electrons. The SMILES string of the molecule is Cc1ccc(S(=O)(=O)N(C)[C@H]2C[C@@H](C(=O)OCc3ccccc3)N(C(=O)OCc3ccccc3)C2)cc1. The third-order valence-electron chi connectivity index (χ3n) is 6.43. The largest absolute Gasteiger partial charge is 0.459 e. The summed E-state index contributed by atoms with van der Waals surface area (Å²) in [6.07, 6.45) is -0.607. The van der Waals surface area contributed by atoms with Crippen LogP contribution in [0.4, 0.5) is 4.79 Å². The van der Waals surface area contributed by atoms with E-state index in [1.54, 1.807) is 24.3 Å². The number of benzene rings is 3. The van der Waals surface area contributed by atoms with Crippen molar-refractivity contribution >= 4 is 22.1 Å². The second-order valence-corrected chi connectivity index (χ2v) is 11.0. The van der Waals surface area contributed by atoms with Crippen molar-refractivity contribution in [1.82, 2.24) is 9.21 Å². The van der Waals surface area contributed by atoms with Gasteiger partial charge >= 0.3 is 12.1 Å². The van der Waals surface area contributed by atoms with Gasteiger partial charge in [-0.15, -0.1) is 0 Å². The van der Waals surface area contributed by atoms with Gasteiger partial charge in [0.1, 0.15) is 19.3 Å². The fourth-order valence-electron chi connectivity index (χ4n) is 4.20. The van der Waals surface area contributed by atoms with Gasteiger partial charge < -0.3 is 9.47 Å². The van der Waals surface area contributed by atoms with Crippen LogP contribution in [0.15, 0.2) is 89.8 Å². The van der Waals surface area contributed by atoms with Gasteiger partial charge in [-0.25, -0.2) is 18.0 Å². The van der Waals surface area contributed by atoms with Gasteiger partial charge in [0.15, 0.2) is 0 Å². The normalized spacial score (nSPS) is 17.5. The van der Waals surface area contributed by atoms with Crippen LogP contribution in [0, 0.1) is 6.92 Å². The second-order valence-electron chi connectivity index (χ2n) is 9.03. The molecule has 0 aliphatic carbocycles. The summed E-state index contributed by atoms with van der Waals surface area (Å²) in [4.78, 5) is 27.6. The lowest BCUT2D eigenvalue weighted by atomic mass is 10.2. The van der Waals surface area contributed by atoms with Gasteiger partial charge in [-0.3, -0.25) is 4.90 Å². The third-order valence-corrected chi connectivity index (χ3v) is 8.35. The van der Waals surface area contributed by atoms with Crippen LogP contribution in [0.1, 0.15) is 23.1 Å². The van der Waals surface area contributed by atoms with E-state index in [1.807, 2.05) is 67.6 Å². The van der Waals surface area contributed by atoms with Crippen molar-refractivity contribution in [2.75, 3.05) is 13.6 Å². The van der Waals surface area contributed by atoms with Crippen molar-refractivity contribution in [2.24, 2.45) is 0 Å². The van der Waals surface area contributed by atoms with E-state index in [9.17, 15) is 18.0 Å². The summed E-state index contributed by atoms with van der Waals surface area (Å²) < 4.78 is 38.8. The maximum atomic E-state index is 13.3. The molecule has 1 fully saturated rings. The molecule has 1 aliphatic rings. The van der Waals surface area contributed by atoms with Crippen LogP contribution in [0.25, 0.3) is 0 Å². The van der Waals surface area contributed by atoms with Crippen molar-refractivity contribution in [3.63, 3.8) is 0 Å². The van der Waals surface area contributed by atoms with E-state index in [0.29, 0.717) is 0 Å². The standard InChI is InChI=1S/C28H30N2O6S/c1-21-13-15-25(16-14-21)37(33,34)29(2)24-17-26(27(31)35-19-22-9-5-3-6-10-22)30(18-24)28(32)36-20-23-11-7-4-8-12-23/h3-16,24,26H,17-20H2,1-2H3/t24-,26-/m0/s1. The molecular weight excluding hydrogens is 492 g/mol. The van der Waals surface area contributed by atoms with Crippen LogP contribution < -0.4 is 0 Å². The fraction of sp³-hybridized carbons (Fsp3) is 0.286. The molecule has 0 saturated carbocycles. The molecule has 0 N–H and O–H groups in total. The van der Waals surface area contributed by atoms with Crippen LogP contribution >= 0.6 is 0 Å². The van der Waals surface area contributed by atoms with Crippen molar-refractivity contribution < 1.29 is 27.5 Å². The second kappa shape index (κ2) is 11.6. The molecule has 4 rings (SSSR count). The smallest absolute Gasteiger partial charge is 0.410 e. The van der Waals surface area contributed by atoms with E-state index in [0.717, 1.165) is 16.7 Å². The van der Waals surface area contributed by atoms with Gasteiger partial charge in [-0.2, -0.15) is 4.31 Å². The number of ether oxygens (including phenoxy) is 2. The first-order valence-corrected chi connectivity index (χ1v) is 13.4. The average molecular weight is 523 g/mol. The molecule has 37 heavy (non-hydrogen) atoms. The zero-order chi connectivity index (χ0) is 26.4. The number of hydrogen-bond acceptors (Lipinski definition) is 6. The summed E-state index contributed by atoms with van der Waals surface area (Å²) in [5, 5.41) is 0. The first-order chi connectivity index (χ1) is 17.8.